The average Bonchev–Trinajstić information content (AvgIpc) is 2.93. The number of fused-ring (bicyclic) bond motifs is 1. The maximum atomic E-state index is 12.7. The van der Waals surface area contributed by atoms with Crippen molar-refractivity contribution in [3.8, 4) is 0 Å². The number of likely N-dealkylation sites (tertiary alicyclic amines) is 1. The van der Waals surface area contributed by atoms with Crippen LogP contribution in [0.4, 0.5) is 5.69 Å². The second-order valence-corrected chi connectivity index (χ2v) is 7.70. The van der Waals surface area contributed by atoms with Gasteiger partial charge < -0.3 is 9.80 Å². The summed E-state index contributed by atoms with van der Waals surface area (Å²) >= 11 is 6.05. The van der Waals surface area contributed by atoms with E-state index in [4.69, 9.17) is 11.6 Å². The minimum Gasteiger partial charge on any atom is -0.368 e. The third-order valence-electron chi connectivity index (χ3n) is 5.70. The van der Waals surface area contributed by atoms with Crippen molar-refractivity contribution in [2.24, 2.45) is 11.8 Å². The van der Waals surface area contributed by atoms with Crippen molar-refractivity contribution in [1.82, 2.24) is 9.80 Å². The molecule has 0 aromatic heterocycles. The third kappa shape index (κ3) is 3.46. The molecule has 6 nitrogen and oxygen atoms in total. The van der Waals surface area contributed by atoms with E-state index in [-0.39, 0.29) is 36.1 Å². The first-order valence-electron chi connectivity index (χ1n) is 9.33. The highest BCUT2D eigenvalue weighted by Crippen LogP contribution is 2.35. The fourth-order valence-electron chi connectivity index (χ4n) is 4.15. The molecule has 0 spiro atoms. The van der Waals surface area contributed by atoms with E-state index in [1.807, 2.05) is 36.4 Å². The molecule has 0 unspecified atom stereocenters. The van der Waals surface area contributed by atoms with Gasteiger partial charge >= 0.3 is 0 Å². The summed E-state index contributed by atoms with van der Waals surface area (Å²) in [6.07, 6.45) is 5.09. The molecule has 1 aromatic carbocycles. The number of piperazine rings is 1. The molecule has 0 bridgehead atoms. The number of carbonyl (C=O) groups is 3. The summed E-state index contributed by atoms with van der Waals surface area (Å²) in [6.45, 7) is 2.39. The van der Waals surface area contributed by atoms with Crippen molar-refractivity contribution < 1.29 is 14.4 Å². The average molecular weight is 388 g/mol. The molecule has 4 rings (SSSR count). The molecule has 2 atom stereocenters. The Morgan fingerprint density at radius 2 is 1.63 bits per heavy atom. The van der Waals surface area contributed by atoms with Gasteiger partial charge in [0.1, 0.15) is 6.54 Å². The van der Waals surface area contributed by atoms with E-state index in [1.165, 1.54) is 4.90 Å². The van der Waals surface area contributed by atoms with Gasteiger partial charge in [0.15, 0.2) is 0 Å². The van der Waals surface area contributed by atoms with Crippen molar-refractivity contribution >= 4 is 35.0 Å². The minimum absolute atomic E-state index is 0.137. The Morgan fingerprint density at radius 1 is 1.00 bits per heavy atom. The molecule has 3 amide bonds. The highest BCUT2D eigenvalue weighted by atomic mass is 35.5. The Kier molecular flexibility index (Phi) is 4.91. The van der Waals surface area contributed by atoms with Gasteiger partial charge in [-0.3, -0.25) is 19.3 Å². The van der Waals surface area contributed by atoms with Crippen LogP contribution in [-0.4, -0.2) is 60.2 Å². The van der Waals surface area contributed by atoms with Crippen LogP contribution in [0.3, 0.4) is 0 Å². The normalized spacial score (nSPS) is 25.1. The molecular formula is C20H22ClN3O3. The molecule has 0 N–H and O–H groups in total. The lowest BCUT2D eigenvalue weighted by Crippen LogP contribution is -2.52. The summed E-state index contributed by atoms with van der Waals surface area (Å²) in [5, 5.41) is 0.688. The molecule has 3 aliphatic rings. The summed E-state index contributed by atoms with van der Waals surface area (Å²) in [5.74, 6) is -1.11. The fourth-order valence-corrected chi connectivity index (χ4v) is 4.33. The maximum Gasteiger partial charge on any atom is 0.242 e. The van der Waals surface area contributed by atoms with Crippen LogP contribution in [0.5, 0.6) is 0 Å². The highest BCUT2D eigenvalue weighted by Gasteiger charge is 2.47. The maximum absolute atomic E-state index is 12.7. The molecule has 0 radical (unpaired) electrons. The lowest BCUT2D eigenvalue weighted by molar-refractivity contribution is -0.146. The van der Waals surface area contributed by atoms with E-state index in [0.717, 1.165) is 5.69 Å². The molecule has 2 fully saturated rings. The molecule has 0 saturated carbocycles. The van der Waals surface area contributed by atoms with Crippen molar-refractivity contribution in [3.05, 3.63) is 41.4 Å². The number of imide groups is 1. The van der Waals surface area contributed by atoms with Gasteiger partial charge in [0.2, 0.25) is 17.7 Å². The SMILES string of the molecule is O=C(CN1C(=O)[C@H]2CC=CC[C@H]2C1=O)N1CCN(c2cccc(Cl)c2)CC1. The van der Waals surface area contributed by atoms with Gasteiger partial charge in [-0.25, -0.2) is 0 Å². The van der Waals surface area contributed by atoms with Crippen LogP contribution >= 0.6 is 11.6 Å². The fraction of sp³-hybridized carbons (Fsp3) is 0.450. The van der Waals surface area contributed by atoms with Crippen LogP contribution < -0.4 is 4.90 Å². The zero-order valence-corrected chi connectivity index (χ0v) is 15.8. The zero-order chi connectivity index (χ0) is 19.0. The number of carbonyl (C=O) groups excluding carboxylic acids is 3. The second-order valence-electron chi connectivity index (χ2n) is 7.27. The Morgan fingerprint density at radius 3 is 2.22 bits per heavy atom. The predicted octanol–water partition coefficient (Wildman–Crippen LogP) is 1.94. The van der Waals surface area contributed by atoms with Crippen molar-refractivity contribution in [3.63, 3.8) is 0 Å². The number of amides is 3. The van der Waals surface area contributed by atoms with Gasteiger partial charge in [0, 0.05) is 36.9 Å². The van der Waals surface area contributed by atoms with Crippen LogP contribution in [0.1, 0.15) is 12.8 Å². The molecule has 7 heteroatoms. The largest absolute Gasteiger partial charge is 0.368 e. The molecule has 27 heavy (non-hydrogen) atoms. The van der Waals surface area contributed by atoms with E-state index in [0.29, 0.717) is 44.0 Å². The zero-order valence-electron chi connectivity index (χ0n) is 15.0. The van der Waals surface area contributed by atoms with E-state index in [9.17, 15) is 14.4 Å². The summed E-state index contributed by atoms with van der Waals surface area (Å²) < 4.78 is 0. The molecular weight excluding hydrogens is 366 g/mol. The number of halogens is 1. The predicted molar refractivity (Wildman–Crippen MR) is 102 cm³/mol. The Balaban J connectivity index is 1.35. The smallest absolute Gasteiger partial charge is 0.242 e. The Labute approximate surface area is 163 Å². The van der Waals surface area contributed by atoms with Crippen LogP contribution in [0.15, 0.2) is 36.4 Å². The van der Waals surface area contributed by atoms with Gasteiger partial charge in [0.05, 0.1) is 11.8 Å². The Hall–Kier alpha value is -2.34. The van der Waals surface area contributed by atoms with Crippen molar-refractivity contribution in [1.29, 1.82) is 0 Å². The summed E-state index contributed by atoms with van der Waals surface area (Å²) in [5.41, 5.74) is 1.04. The standard InChI is InChI=1S/C20H22ClN3O3/c21-14-4-3-5-15(12-14)22-8-10-23(11-9-22)18(25)13-24-19(26)16-6-1-2-7-17(16)20(24)27/h1-5,12,16-17H,6-11,13H2/t16-,17+. The van der Waals surface area contributed by atoms with Crippen LogP contribution in [-0.2, 0) is 14.4 Å². The molecule has 2 heterocycles. The first-order chi connectivity index (χ1) is 13.0. The lowest BCUT2D eigenvalue weighted by atomic mass is 9.85. The van der Waals surface area contributed by atoms with Crippen LogP contribution in [0, 0.1) is 11.8 Å². The minimum atomic E-state index is -0.282. The van der Waals surface area contributed by atoms with Gasteiger partial charge in [-0.05, 0) is 31.0 Å². The van der Waals surface area contributed by atoms with E-state index < -0.39 is 0 Å². The van der Waals surface area contributed by atoms with Gasteiger partial charge in [0.25, 0.3) is 0 Å². The monoisotopic (exact) mass is 387 g/mol. The summed E-state index contributed by atoms with van der Waals surface area (Å²) in [7, 11) is 0. The van der Waals surface area contributed by atoms with E-state index in [2.05, 4.69) is 4.90 Å². The number of hydrogen-bond acceptors (Lipinski definition) is 4. The first-order valence-corrected chi connectivity index (χ1v) is 9.71. The second kappa shape index (κ2) is 7.35. The molecule has 142 valence electrons. The summed E-state index contributed by atoms with van der Waals surface area (Å²) in [6, 6.07) is 7.66. The Bertz CT molecular complexity index is 775. The quantitative estimate of drug-likeness (QED) is 0.587. The molecule has 1 aromatic rings. The number of hydrogen-bond donors (Lipinski definition) is 0. The lowest BCUT2D eigenvalue weighted by Gasteiger charge is -2.36. The molecule has 2 saturated heterocycles. The number of allylic oxidation sites excluding steroid dienone is 2. The highest BCUT2D eigenvalue weighted by molar-refractivity contribution is 6.30. The third-order valence-corrected chi connectivity index (χ3v) is 5.93. The first kappa shape index (κ1) is 18.0. The van der Waals surface area contributed by atoms with Crippen molar-refractivity contribution in [2.45, 2.75) is 12.8 Å². The van der Waals surface area contributed by atoms with Crippen LogP contribution in [0.25, 0.3) is 0 Å². The van der Waals surface area contributed by atoms with Gasteiger partial charge in [-0.2, -0.15) is 0 Å². The number of rotatable bonds is 3. The number of anilines is 1. The van der Waals surface area contributed by atoms with Crippen molar-refractivity contribution in [2.75, 3.05) is 37.6 Å². The van der Waals surface area contributed by atoms with E-state index in [1.54, 1.807) is 4.90 Å². The molecule has 1 aliphatic carbocycles. The van der Waals surface area contributed by atoms with Gasteiger partial charge in [-0.1, -0.05) is 29.8 Å². The number of benzene rings is 1. The molecule has 2 aliphatic heterocycles. The van der Waals surface area contributed by atoms with Crippen LogP contribution in [0.2, 0.25) is 5.02 Å². The summed E-state index contributed by atoms with van der Waals surface area (Å²) in [4.78, 5) is 42.8. The topological polar surface area (TPSA) is 60.9 Å². The van der Waals surface area contributed by atoms with Gasteiger partial charge in [-0.15, -0.1) is 0 Å². The van der Waals surface area contributed by atoms with E-state index >= 15 is 0 Å². The number of nitrogens with zero attached hydrogens (tertiary/aromatic N) is 3.